The van der Waals surface area contributed by atoms with Crippen LogP contribution in [0.1, 0.15) is 32.6 Å². The molecule has 21 heavy (non-hydrogen) atoms. The fourth-order valence-corrected chi connectivity index (χ4v) is 2.72. The summed E-state index contributed by atoms with van der Waals surface area (Å²) in [4.78, 5) is 0. The average Bonchev–Trinajstić information content (AvgIpc) is 2.84. The molecule has 1 aromatic carbocycles. The van der Waals surface area contributed by atoms with E-state index in [0.29, 0.717) is 12.4 Å². The molecule has 3 rings (SSSR count). The maximum absolute atomic E-state index is 14.0. The molecule has 2 heterocycles. The van der Waals surface area contributed by atoms with Crippen LogP contribution in [0.5, 0.6) is 0 Å². The molecule has 0 saturated carbocycles. The van der Waals surface area contributed by atoms with Crippen LogP contribution in [0.2, 0.25) is 0 Å². The highest BCUT2D eigenvalue weighted by Crippen LogP contribution is 2.35. The van der Waals surface area contributed by atoms with Crippen molar-refractivity contribution in [2.75, 3.05) is 6.54 Å². The van der Waals surface area contributed by atoms with Crippen molar-refractivity contribution in [2.24, 2.45) is 5.41 Å². The van der Waals surface area contributed by atoms with E-state index in [1.165, 1.54) is 6.07 Å². The van der Waals surface area contributed by atoms with Gasteiger partial charge in [0.1, 0.15) is 11.6 Å². The van der Waals surface area contributed by atoms with Crippen molar-refractivity contribution >= 4 is 0 Å². The maximum atomic E-state index is 14.0. The molecule has 1 aliphatic heterocycles. The third-order valence-electron chi connectivity index (χ3n) is 3.76. The lowest BCUT2D eigenvalue weighted by molar-refractivity contribution is 0.233. The van der Waals surface area contributed by atoms with E-state index in [4.69, 9.17) is 0 Å². The summed E-state index contributed by atoms with van der Waals surface area (Å²) in [5.41, 5.74) is 0.117. The number of hydrogen-bond acceptors (Lipinski definition) is 3. The third-order valence-corrected chi connectivity index (χ3v) is 3.76. The van der Waals surface area contributed by atoms with E-state index in [2.05, 4.69) is 36.3 Å². The second-order valence-electron chi connectivity index (χ2n) is 6.41. The van der Waals surface area contributed by atoms with Crippen LogP contribution in [-0.2, 0) is 6.54 Å². The van der Waals surface area contributed by atoms with Gasteiger partial charge < -0.3 is 9.88 Å². The number of nitrogens with zero attached hydrogens (tertiary/aromatic N) is 3. The first-order valence-corrected chi connectivity index (χ1v) is 7.00. The van der Waals surface area contributed by atoms with Gasteiger partial charge in [0.05, 0.1) is 11.6 Å². The summed E-state index contributed by atoms with van der Waals surface area (Å²) in [6.07, 6.45) is 0. The van der Waals surface area contributed by atoms with Crippen molar-refractivity contribution in [2.45, 2.75) is 33.4 Å². The summed E-state index contributed by atoms with van der Waals surface area (Å²) in [5.74, 6) is 0.188. The van der Waals surface area contributed by atoms with E-state index in [1.54, 1.807) is 0 Å². The molecule has 1 unspecified atom stereocenters. The van der Waals surface area contributed by atoms with Gasteiger partial charge in [-0.15, -0.1) is 10.2 Å². The summed E-state index contributed by atoms with van der Waals surface area (Å²) in [6.45, 7) is 7.71. The Hall–Kier alpha value is -1.82. The van der Waals surface area contributed by atoms with Crippen molar-refractivity contribution in [3.63, 3.8) is 0 Å². The van der Waals surface area contributed by atoms with Gasteiger partial charge in [-0.3, -0.25) is 0 Å². The second-order valence-corrected chi connectivity index (χ2v) is 6.41. The molecular weight excluding hydrogens is 274 g/mol. The number of halogens is 2. The van der Waals surface area contributed by atoms with Crippen LogP contribution in [0.3, 0.4) is 0 Å². The summed E-state index contributed by atoms with van der Waals surface area (Å²) in [5, 5.41) is 11.7. The molecule has 1 N–H and O–H groups in total. The second kappa shape index (κ2) is 4.87. The van der Waals surface area contributed by atoms with Crippen LogP contribution in [0.25, 0.3) is 11.4 Å². The minimum atomic E-state index is -0.488. The van der Waals surface area contributed by atoms with Crippen molar-refractivity contribution in [3.8, 4) is 11.4 Å². The van der Waals surface area contributed by atoms with E-state index < -0.39 is 11.6 Å². The molecular formula is C15H18F2N4. The number of rotatable bonds is 1. The zero-order valence-electron chi connectivity index (χ0n) is 12.3. The van der Waals surface area contributed by atoms with Crippen LogP contribution in [-0.4, -0.2) is 21.3 Å². The molecule has 0 radical (unpaired) electrons. The average molecular weight is 292 g/mol. The Morgan fingerprint density at radius 2 is 2.00 bits per heavy atom. The number of aromatic nitrogens is 3. The lowest BCUT2D eigenvalue weighted by Gasteiger charge is -2.34. The molecule has 1 aromatic heterocycles. The molecule has 112 valence electrons. The Balaban J connectivity index is 2.12. The molecule has 0 amide bonds. The highest BCUT2D eigenvalue weighted by Gasteiger charge is 2.34. The van der Waals surface area contributed by atoms with Crippen LogP contribution in [0, 0.1) is 17.0 Å². The first kappa shape index (κ1) is 14.1. The monoisotopic (exact) mass is 292 g/mol. The van der Waals surface area contributed by atoms with Crippen molar-refractivity contribution < 1.29 is 8.78 Å². The third kappa shape index (κ3) is 2.44. The molecule has 0 fully saturated rings. The van der Waals surface area contributed by atoms with E-state index in [1.807, 2.05) is 4.57 Å². The van der Waals surface area contributed by atoms with E-state index in [0.717, 1.165) is 24.5 Å². The number of hydrogen-bond donors (Lipinski definition) is 1. The summed E-state index contributed by atoms with van der Waals surface area (Å²) >= 11 is 0. The summed E-state index contributed by atoms with van der Waals surface area (Å²) < 4.78 is 29.3. The molecule has 1 atom stereocenters. The molecule has 0 spiro atoms. The lowest BCUT2D eigenvalue weighted by atomic mass is 9.85. The quantitative estimate of drug-likeness (QED) is 0.879. The molecule has 0 aliphatic carbocycles. The lowest BCUT2D eigenvalue weighted by Crippen LogP contribution is -2.40. The molecule has 1 aliphatic rings. The topological polar surface area (TPSA) is 42.7 Å². The molecule has 6 heteroatoms. The minimum absolute atomic E-state index is 0.0316. The van der Waals surface area contributed by atoms with Gasteiger partial charge in [0.25, 0.3) is 0 Å². The normalized spacial score (nSPS) is 18.6. The Morgan fingerprint density at radius 3 is 2.71 bits per heavy atom. The zero-order chi connectivity index (χ0) is 15.2. The Morgan fingerprint density at radius 1 is 1.24 bits per heavy atom. The Kier molecular flexibility index (Phi) is 3.28. The van der Waals surface area contributed by atoms with Crippen LogP contribution < -0.4 is 5.32 Å². The van der Waals surface area contributed by atoms with Gasteiger partial charge in [-0.05, 0) is 23.6 Å². The number of benzene rings is 1. The predicted octanol–water partition coefficient (Wildman–Crippen LogP) is 2.91. The number of fused-ring (bicyclic) bond motifs is 1. The molecule has 0 bridgehead atoms. The van der Waals surface area contributed by atoms with Crippen molar-refractivity contribution in [1.29, 1.82) is 0 Å². The van der Waals surface area contributed by atoms with Crippen LogP contribution in [0.4, 0.5) is 8.78 Å². The van der Waals surface area contributed by atoms with E-state index in [-0.39, 0.29) is 17.0 Å². The molecule has 2 aromatic rings. The predicted molar refractivity (Wildman–Crippen MR) is 75.6 cm³/mol. The first-order valence-electron chi connectivity index (χ1n) is 7.00. The molecule has 0 saturated heterocycles. The fraction of sp³-hybridized carbons (Fsp3) is 0.467. The highest BCUT2D eigenvalue weighted by atomic mass is 19.1. The van der Waals surface area contributed by atoms with E-state index >= 15 is 0 Å². The van der Waals surface area contributed by atoms with Gasteiger partial charge in [-0.2, -0.15) is 0 Å². The van der Waals surface area contributed by atoms with E-state index in [9.17, 15) is 8.78 Å². The zero-order valence-corrected chi connectivity index (χ0v) is 12.3. The van der Waals surface area contributed by atoms with Gasteiger partial charge in [0, 0.05) is 13.1 Å². The van der Waals surface area contributed by atoms with Gasteiger partial charge in [0.15, 0.2) is 11.6 Å². The van der Waals surface area contributed by atoms with Crippen LogP contribution >= 0.6 is 0 Å². The molecule has 4 nitrogen and oxygen atoms in total. The Labute approximate surface area is 122 Å². The largest absolute Gasteiger partial charge is 0.308 e. The van der Waals surface area contributed by atoms with Crippen LogP contribution in [0.15, 0.2) is 18.2 Å². The van der Waals surface area contributed by atoms with Gasteiger partial charge in [-0.1, -0.05) is 20.8 Å². The Bertz CT molecular complexity index is 673. The minimum Gasteiger partial charge on any atom is -0.308 e. The first-order chi connectivity index (χ1) is 9.88. The highest BCUT2D eigenvalue weighted by molar-refractivity contribution is 5.56. The van der Waals surface area contributed by atoms with Crippen molar-refractivity contribution in [3.05, 3.63) is 35.7 Å². The smallest absolute Gasteiger partial charge is 0.167 e. The van der Waals surface area contributed by atoms with Crippen molar-refractivity contribution in [1.82, 2.24) is 20.1 Å². The SMILES string of the molecule is CC(C)(C)C1NCCn2c(-c3cc(F)ccc3F)nnc21. The number of nitrogens with one attached hydrogen (secondary N) is 1. The standard InChI is InChI=1S/C15H18F2N4/c1-15(2,3)12-14-20-19-13(21(14)7-6-18-12)10-8-9(16)4-5-11(10)17/h4-5,8,12,18H,6-7H2,1-3H3. The summed E-state index contributed by atoms with van der Waals surface area (Å²) in [7, 11) is 0. The van der Waals surface area contributed by atoms with Gasteiger partial charge in [-0.25, -0.2) is 8.78 Å². The fourth-order valence-electron chi connectivity index (χ4n) is 2.72. The summed E-state index contributed by atoms with van der Waals surface area (Å²) in [6, 6.07) is 3.42. The maximum Gasteiger partial charge on any atom is 0.167 e. The van der Waals surface area contributed by atoms with Gasteiger partial charge in [0.2, 0.25) is 0 Å². The van der Waals surface area contributed by atoms with Gasteiger partial charge >= 0.3 is 0 Å².